The zero-order valence-electron chi connectivity index (χ0n) is 13.6. The summed E-state index contributed by atoms with van der Waals surface area (Å²) >= 11 is 0. The Bertz CT molecular complexity index is 817. The molecule has 3 rings (SSSR count). The van der Waals surface area contributed by atoms with Crippen molar-refractivity contribution in [3.05, 3.63) is 54.0 Å². The summed E-state index contributed by atoms with van der Waals surface area (Å²) in [4.78, 5) is 12.0. The third-order valence-corrected chi connectivity index (χ3v) is 5.61. The van der Waals surface area contributed by atoms with E-state index in [0.29, 0.717) is 25.3 Å². The summed E-state index contributed by atoms with van der Waals surface area (Å²) in [5.74, 6) is 0.877. The number of amides is 2. The molecule has 25 heavy (non-hydrogen) atoms. The summed E-state index contributed by atoms with van der Waals surface area (Å²) in [6, 6.07) is 10.2. The Morgan fingerprint density at radius 1 is 1.24 bits per heavy atom. The molecule has 0 bridgehead atoms. The van der Waals surface area contributed by atoms with Crippen molar-refractivity contribution in [2.75, 3.05) is 16.8 Å². The molecule has 0 saturated carbocycles. The van der Waals surface area contributed by atoms with Gasteiger partial charge in [0.2, 0.25) is 0 Å². The number of rotatable bonds is 6. The fraction of sp³-hybridized carbons (Fsp3) is 0.353. The van der Waals surface area contributed by atoms with Crippen molar-refractivity contribution in [3.63, 3.8) is 0 Å². The van der Waals surface area contributed by atoms with E-state index in [2.05, 4.69) is 10.6 Å². The molecule has 0 unspecified atom stereocenters. The second-order valence-electron chi connectivity index (χ2n) is 5.97. The molecule has 2 N–H and O–H groups in total. The van der Waals surface area contributed by atoms with Crippen molar-refractivity contribution in [1.82, 2.24) is 5.32 Å². The predicted molar refractivity (Wildman–Crippen MR) is 92.9 cm³/mol. The number of anilines is 1. The molecule has 1 aromatic carbocycles. The van der Waals surface area contributed by atoms with E-state index in [1.807, 2.05) is 24.3 Å². The number of carbonyl (C=O) groups is 1. The molecule has 7 nitrogen and oxygen atoms in total. The summed E-state index contributed by atoms with van der Waals surface area (Å²) in [6.07, 6.45) is 2.05. The molecular weight excluding hydrogens is 344 g/mol. The Morgan fingerprint density at radius 3 is 2.84 bits per heavy atom. The van der Waals surface area contributed by atoms with Crippen molar-refractivity contribution in [2.24, 2.45) is 0 Å². The Morgan fingerprint density at radius 2 is 2.12 bits per heavy atom. The Kier molecular flexibility index (Phi) is 5.40. The van der Waals surface area contributed by atoms with E-state index in [9.17, 15) is 13.2 Å². The number of hydrogen-bond donors (Lipinski definition) is 2. The predicted octanol–water partition coefficient (Wildman–Crippen LogP) is 2.30. The summed E-state index contributed by atoms with van der Waals surface area (Å²) in [5, 5.41) is 5.41. The first-order valence-corrected chi connectivity index (χ1v) is 9.79. The number of nitrogens with one attached hydrogen (secondary N) is 2. The zero-order valence-corrected chi connectivity index (χ0v) is 14.4. The lowest BCUT2D eigenvalue weighted by Gasteiger charge is -2.12. The van der Waals surface area contributed by atoms with Crippen molar-refractivity contribution < 1.29 is 22.4 Å². The molecule has 0 spiro atoms. The lowest BCUT2D eigenvalue weighted by atomic mass is 10.2. The highest BCUT2D eigenvalue weighted by molar-refractivity contribution is 7.91. The maximum Gasteiger partial charge on any atom is 0.319 e. The quantitative estimate of drug-likeness (QED) is 0.820. The third-order valence-electron chi connectivity index (χ3n) is 3.85. The number of benzene rings is 1. The second kappa shape index (κ2) is 7.71. The fourth-order valence-corrected chi connectivity index (χ4v) is 4.34. The molecule has 1 saturated heterocycles. The van der Waals surface area contributed by atoms with Crippen LogP contribution in [0.3, 0.4) is 0 Å². The molecule has 1 aromatic heterocycles. The van der Waals surface area contributed by atoms with Crippen LogP contribution in [0.1, 0.15) is 17.7 Å². The van der Waals surface area contributed by atoms with E-state index in [0.717, 1.165) is 11.3 Å². The number of carbonyl (C=O) groups excluding carboxylic acids is 1. The zero-order chi connectivity index (χ0) is 17.7. The minimum Gasteiger partial charge on any atom is -0.467 e. The van der Waals surface area contributed by atoms with Gasteiger partial charge in [-0.2, -0.15) is 0 Å². The maximum absolute atomic E-state index is 12.0. The van der Waals surface area contributed by atoms with Crippen LogP contribution >= 0.6 is 0 Å². The lowest BCUT2D eigenvalue weighted by molar-refractivity contribution is 0.0930. The van der Waals surface area contributed by atoms with Crippen LogP contribution in [0, 0.1) is 0 Å². The number of hydrogen-bond acceptors (Lipinski definition) is 5. The minimum absolute atomic E-state index is 0.00107. The first-order chi connectivity index (χ1) is 12.0. The van der Waals surface area contributed by atoms with Gasteiger partial charge in [-0.15, -0.1) is 0 Å². The molecule has 8 heteroatoms. The van der Waals surface area contributed by atoms with Gasteiger partial charge in [-0.05, 0) is 36.2 Å². The summed E-state index contributed by atoms with van der Waals surface area (Å²) in [5.41, 5.74) is 1.53. The average Bonchev–Trinajstić information content (AvgIpc) is 3.17. The smallest absolute Gasteiger partial charge is 0.319 e. The molecule has 0 aliphatic carbocycles. The highest BCUT2D eigenvalue weighted by Gasteiger charge is 2.28. The van der Waals surface area contributed by atoms with Crippen molar-refractivity contribution >= 4 is 21.6 Å². The van der Waals surface area contributed by atoms with E-state index >= 15 is 0 Å². The monoisotopic (exact) mass is 364 g/mol. The minimum atomic E-state index is -3.02. The van der Waals surface area contributed by atoms with Crippen LogP contribution < -0.4 is 10.6 Å². The SMILES string of the molecule is O=C(Nc1cccc(COCc2ccco2)c1)N[C@@H]1CCS(=O)(=O)C1. The van der Waals surface area contributed by atoms with Crippen LogP contribution in [0.5, 0.6) is 0 Å². The first-order valence-electron chi connectivity index (χ1n) is 7.97. The van der Waals surface area contributed by atoms with Gasteiger partial charge in [-0.3, -0.25) is 0 Å². The first kappa shape index (κ1) is 17.5. The van der Waals surface area contributed by atoms with E-state index < -0.39 is 15.9 Å². The number of urea groups is 1. The van der Waals surface area contributed by atoms with E-state index in [1.54, 1.807) is 18.4 Å². The van der Waals surface area contributed by atoms with Crippen LogP contribution in [0.15, 0.2) is 47.1 Å². The molecule has 134 valence electrons. The highest BCUT2D eigenvalue weighted by Crippen LogP contribution is 2.14. The van der Waals surface area contributed by atoms with Gasteiger partial charge in [0.05, 0.1) is 24.4 Å². The average molecular weight is 364 g/mol. The lowest BCUT2D eigenvalue weighted by Crippen LogP contribution is -2.38. The Hall–Kier alpha value is -2.32. The van der Waals surface area contributed by atoms with Crippen LogP contribution in [-0.2, 0) is 27.8 Å². The van der Waals surface area contributed by atoms with Crippen LogP contribution in [0.2, 0.25) is 0 Å². The van der Waals surface area contributed by atoms with E-state index in [1.165, 1.54) is 0 Å². The maximum atomic E-state index is 12.0. The third kappa shape index (κ3) is 5.33. The van der Waals surface area contributed by atoms with Gasteiger partial charge in [0.25, 0.3) is 0 Å². The number of furan rings is 1. The standard InChI is InChI=1S/C17H20N2O5S/c20-17(19-15-6-8-25(21,22)12-15)18-14-4-1-3-13(9-14)10-23-11-16-5-2-7-24-16/h1-5,7,9,15H,6,8,10-12H2,(H2,18,19,20)/t15-/m1/s1. The molecule has 1 aliphatic rings. The molecule has 2 amide bonds. The van der Waals surface area contributed by atoms with E-state index in [-0.39, 0.29) is 17.5 Å². The summed E-state index contributed by atoms with van der Waals surface area (Å²) < 4.78 is 33.6. The molecule has 2 heterocycles. The van der Waals surface area contributed by atoms with Crippen molar-refractivity contribution in [1.29, 1.82) is 0 Å². The van der Waals surface area contributed by atoms with Crippen LogP contribution in [0.25, 0.3) is 0 Å². The number of sulfone groups is 1. The molecule has 0 radical (unpaired) electrons. The number of ether oxygens (including phenoxy) is 1. The molecular formula is C17H20N2O5S. The second-order valence-corrected chi connectivity index (χ2v) is 8.20. The highest BCUT2D eigenvalue weighted by atomic mass is 32.2. The van der Waals surface area contributed by atoms with Gasteiger partial charge in [-0.1, -0.05) is 12.1 Å². The van der Waals surface area contributed by atoms with Crippen LogP contribution in [0.4, 0.5) is 10.5 Å². The molecule has 2 aromatic rings. The molecule has 1 atom stereocenters. The Labute approximate surface area is 146 Å². The molecule has 1 fully saturated rings. The van der Waals surface area contributed by atoms with Gasteiger partial charge in [0.15, 0.2) is 9.84 Å². The topological polar surface area (TPSA) is 97.6 Å². The van der Waals surface area contributed by atoms with Gasteiger partial charge in [-0.25, -0.2) is 13.2 Å². The van der Waals surface area contributed by atoms with E-state index in [4.69, 9.17) is 9.15 Å². The summed E-state index contributed by atoms with van der Waals surface area (Å²) in [7, 11) is -3.02. The van der Waals surface area contributed by atoms with Gasteiger partial charge in [0, 0.05) is 11.7 Å². The normalized spacial score (nSPS) is 18.8. The largest absolute Gasteiger partial charge is 0.467 e. The van der Waals surface area contributed by atoms with Gasteiger partial charge in [0.1, 0.15) is 12.4 Å². The fourth-order valence-electron chi connectivity index (χ4n) is 2.66. The summed E-state index contributed by atoms with van der Waals surface area (Å²) in [6.45, 7) is 0.764. The molecule has 1 aliphatic heterocycles. The van der Waals surface area contributed by atoms with Gasteiger partial charge < -0.3 is 19.8 Å². The van der Waals surface area contributed by atoms with Crippen molar-refractivity contribution in [2.45, 2.75) is 25.7 Å². The van der Waals surface area contributed by atoms with Crippen LogP contribution in [-0.4, -0.2) is 32.0 Å². The van der Waals surface area contributed by atoms with Gasteiger partial charge >= 0.3 is 6.03 Å². The Balaban J connectivity index is 1.48. The van der Waals surface area contributed by atoms with Crippen molar-refractivity contribution in [3.8, 4) is 0 Å².